The van der Waals surface area contributed by atoms with Crippen molar-refractivity contribution in [2.45, 2.75) is 19.4 Å². The van der Waals surface area contributed by atoms with Gasteiger partial charge in [-0.25, -0.2) is 8.42 Å². The molecule has 0 unspecified atom stereocenters. The van der Waals surface area contributed by atoms with Gasteiger partial charge in [0, 0.05) is 22.8 Å². The Morgan fingerprint density at radius 2 is 1.86 bits per heavy atom. The van der Waals surface area contributed by atoms with Crippen LogP contribution in [0, 0.1) is 6.92 Å². The number of sulfone groups is 1. The van der Waals surface area contributed by atoms with E-state index in [0.29, 0.717) is 24.6 Å². The van der Waals surface area contributed by atoms with Crippen molar-refractivity contribution in [3.63, 3.8) is 0 Å². The third-order valence-corrected chi connectivity index (χ3v) is 8.29. The summed E-state index contributed by atoms with van der Waals surface area (Å²) in [5.74, 6) is 0.936. The van der Waals surface area contributed by atoms with Crippen molar-refractivity contribution in [2.75, 3.05) is 37.7 Å². The molecular formula is C22H25N2O4S+. The zero-order valence-corrected chi connectivity index (χ0v) is 17.3. The van der Waals surface area contributed by atoms with Crippen LogP contribution in [0.5, 0.6) is 0 Å². The number of furan rings is 1. The third-order valence-electron chi connectivity index (χ3n) is 6.53. The van der Waals surface area contributed by atoms with Crippen molar-refractivity contribution in [1.29, 1.82) is 0 Å². The second kappa shape index (κ2) is 6.85. The lowest BCUT2D eigenvalue weighted by Crippen LogP contribution is -3.18. The number of aryl methyl sites for hydroxylation is 1. The van der Waals surface area contributed by atoms with Crippen LogP contribution < -0.4 is 4.90 Å². The Hall–Kier alpha value is -2.38. The van der Waals surface area contributed by atoms with Gasteiger partial charge in [-0.3, -0.25) is 4.79 Å². The van der Waals surface area contributed by atoms with Gasteiger partial charge in [0.25, 0.3) is 5.91 Å². The maximum Gasteiger partial charge on any atom is 0.290 e. The molecule has 29 heavy (non-hydrogen) atoms. The van der Waals surface area contributed by atoms with E-state index >= 15 is 0 Å². The summed E-state index contributed by atoms with van der Waals surface area (Å²) in [6.07, 6.45) is 0.737. The Balaban J connectivity index is 1.37. The summed E-state index contributed by atoms with van der Waals surface area (Å²) in [6.45, 7) is 4.77. The summed E-state index contributed by atoms with van der Waals surface area (Å²) >= 11 is 0. The number of nitrogens with one attached hydrogen (secondary N) is 1. The fourth-order valence-corrected chi connectivity index (χ4v) is 6.64. The number of rotatable bonds is 2. The molecule has 1 aromatic heterocycles. The second-order valence-electron chi connectivity index (χ2n) is 8.27. The lowest BCUT2D eigenvalue weighted by atomic mass is 10.1. The molecule has 0 saturated carbocycles. The maximum absolute atomic E-state index is 13.2. The average Bonchev–Trinajstić information content (AvgIpc) is 3.27. The van der Waals surface area contributed by atoms with Crippen LogP contribution in [-0.2, 0) is 9.84 Å². The lowest BCUT2D eigenvalue weighted by Gasteiger charge is -2.34. The van der Waals surface area contributed by atoms with Crippen LogP contribution in [0.4, 0.5) is 0 Å². The summed E-state index contributed by atoms with van der Waals surface area (Å²) in [5, 5.41) is 3.09. The van der Waals surface area contributed by atoms with Crippen molar-refractivity contribution in [1.82, 2.24) is 4.90 Å². The first-order valence-electron chi connectivity index (χ1n) is 10.2. The van der Waals surface area contributed by atoms with Crippen molar-refractivity contribution in [3.05, 3.63) is 47.7 Å². The molecule has 2 aliphatic rings. The molecule has 0 spiro atoms. The van der Waals surface area contributed by atoms with E-state index in [1.54, 1.807) is 0 Å². The predicted octanol–water partition coefficient (Wildman–Crippen LogP) is 1.42. The molecular weight excluding hydrogens is 388 g/mol. The molecule has 7 heteroatoms. The van der Waals surface area contributed by atoms with Gasteiger partial charge in [-0.1, -0.05) is 36.4 Å². The summed E-state index contributed by atoms with van der Waals surface area (Å²) < 4.78 is 29.6. The molecule has 2 aromatic carbocycles. The van der Waals surface area contributed by atoms with E-state index in [2.05, 4.69) is 6.07 Å². The van der Waals surface area contributed by atoms with Crippen LogP contribution in [0.25, 0.3) is 21.7 Å². The summed E-state index contributed by atoms with van der Waals surface area (Å²) in [7, 11) is -2.87. The van der Waals surface area contributed by atoms with Crippen LogP contribution in [0.3, 0.4) is 0 Å². The number of benzene rings is 2. The number of hydrogen-bond acceptors (Lipinski definition) is 4. The van der Waals surface area contributed by atoms with Crippen molar-refractivity contribution in [2.24, 2.45) is 0 Å². The molecule has 5 rings (SSSR count). The molecule has 2 saturated heterocycles. The van der Waals surface area contributed by atoms with Gasteiger partial charge in [-0.05, 0) is 12.3 Å². The van der Waals surface area contributed by atoms with E-state index in [1.807, 2.05) is 42.2 Å². The summed E-state index contributed by atoms with van der Waals surface area (Å²) in [6, 6.07) is 12.3. The normalized spacial score (nSPS) is 22.5. The maximum atomic E-state index is 13.2. The minimum Gasteiger partial charge on any atom is -0.450 e. The molecule has 3 heterocycles. The summed E-state index contributed by atoms with van der Waals surface area (Å²) in [4.78, 5) is 16.3. The Labute approximate surface area is 170 Å². The third kappa shape index (κ3) is 3.22. The molecule has 1 amide bonds. The van der Waals surface area contributed by atoms with Crippen LogP contribution in [-0.4, -0.2) is 63.0 Å². The van der Waals surface area contributed by atoms with Gasteiger partial charge in [0.1, 0.15) is 17.4 Å². The average molecular weight is 414 g/mol. The number of fused-ring (bicyclic) bond motifs is 3. The van der Waals surface area contributed by atoms with Crippen LogP contribution in [0.15, 0.2) is 40.8 Å². The topological polar surface area (TPSA) is 72.0 Å². The van der Waals surface area contributed by atoms with Gasteiger partial charge in [0.05, 0.1) is 31.9 Å². The highest BCUT2D eigenvalue weighted by Gasteiger charge is 2.38. The SMILES string of the molecule is Cc1c(C(=O)N2CC[NH+]([C@@H]3CCS(=O)(=O)C3)CC2)oc2c1ccc1ccccc12. The standard InChI is InChI=1S/C22H24N2O4S/c1-15-18-7-6-16-4-2-3-5-19(16)21(18)28-20(15)22(25)24-11-9-23(10-12-24)17-8-13-29(26,27)14-17/h2-7,17H,8-14H2,1H3/p+1/t17-/m1/s1. The highest BCUT2D eigenvalue weighted by molar-refractivity contribution is 7.91. The molecule has 1 N–H and O–H groups in total. The Morgan fingerprint density at radius 1 is 1.10 bits per heavy atom. The summed E-state index contributed by atoms with van der Waals surface area (Å²) in [5.41, 5.74) is 1.65. The molecule has 6 nitrogen and oxygen atoms in total. The molecule has 0 bridgehead atoms. The highest BCUT2D eigenvalue weighted by Crippen LogP contribution is 2.32. The lowest BCUT2D eigenvalue weighted by molar-refractivity contribution is -0.925. The number of piperazine rings is 1. The fourth-order valence-electron chi connectivity index (χ4n) is 4.82. The number of hydrogen-bond donors (Lipinski definition) is 1. The van der Waals surface area contributed by atoms with Crippen LogP contribution in [0.2, 0.25) is 0 Å². The minimum absolute atomic E-state index is 0.0686. The first-order valence-corrected chi connectivity index (χ1v) is 12.0. The van der Waals surface area contributed by atoms with E-state index in [1.165, 1.54) is 4.90 Å². The minimum atomic E-state index is -2.87. The van der Waals surface area contributed by atoms with Gasteiger partial charge < -0.3 is 14.2 Å². The Kier molecular flexibility index (Phi) is 4.40. The van der Waals surface area contributed by atoms with E-state index < -0.39 is 9.84 Å². The first-order chi connectivity index (χ1) is 13.9. The molecule has 2 aliphatic heterocycles. The molecule has 0 radical (unpaired) electrons. The largest absolute Gasteiger partial charge is 0.450 e. The van der Waals surface area contributed by atoms with Crippen molar-refractivity contribution < 1.29 is 22.5 Å². The van der Waals surface area contributed by atoms with Gasteiger partial charge in [0.2, 0.25) is 0 Å². The van der Waals surface area contributed by atoms with Gasteiger partial charge in [0.15, 0.2) is 15.6 Å². The molecule has 1 atom stereocenters. The van der Waals surface area contributed by atoms with Crippen molar-refractivity contribution in [3.8, 4) is 0 Å². The zero-order valence-electron chi connectivity index (χ0n) is 16.5. The Morgan fingerprint density at radius 3 is 2.59 bits per heavy atom. The number of amides is 1. The van der Waals surface area contributed by atoms with Gasteiger partial charge >= 0.3 is 0 Å². The molecule has 2 fully saturated rings. The van der Waals surface area contributed by atoms with E-state index in [-0.39, 0.29) is 17.7 Å². The quantitative estimate of drug-likeness (QED) is 0.690. The smallest absolute Gasteiger partial charge is 0.290 e. The number of carbonyl (C=O) groups excluding carboxylic acids is 1. The van der Waals surface area contributed by atoms with Crippen molar-refractivity contribution >= 4 is 37.5 Å². The Bertz CT molecular complexity index is 1210. The fraction of sp³-hybridized carbons (Fsp3) is 0.409. The molecule has 0 aliphatic carbocycles. The molecule has 152 valence electrons. The number of quaternary nitrogens is 1. The number of nitrogens with zero attached hydrogens (tertiary/aromatic N) is 1. The number of carbonyl (C=O) groups is 1. The second-order valence-corrected chi connectivity index (χ2v) is 10.5. The van der Waals surface area contributed by atoms with Gasteiger partial charge in [-0.2, -0.15) is 0 Å². The zero-order chi connectivity index (χ0) is 20.2. The molecule has 3 aromatic rings. The van der Waals surface area contributed by atoms with Gasteiger partial charge in [-0.15, -0.1) is 0 Å². The van der Waals surface area contributed by atoms with Crippen LogP contribution in [0.1, 0.15) is 22.5 Å². The monoisotopic (exact) mass is 413 g/mol. The van der Waals surface area contributed by atoms with E-state index in [4.69, 9.17) is 4.42 Å². The van der Waals surface area contributed by atoms with E-state index in [0.717, 1.165) is 46.8 Å². The highest BCUT2D eigenvalue weighted by atomic mass is 32.2. The van der Waals surface area contributed by atoms with E-state index in [9.17, 15) is 13.2 Å². The first kappa shape index (κ1) is 18.6. The predicted molar refractivity (Wildman–Crippen MR) is 112 cm³/mol. The van der Waals surface area contributed by atoms with Crippen LogP contribution >= 0.6 is 0 Å².